The van der Waals surface area contributed by atoms with Crippen LogP contribution in [0.5, 0.6) is 0 Å². The first-order valence-corrected chi connectivity index (χ1v) is 4.10. The van der Waals surface area contributed by atoms with Gasteiger partial charge in [0.15, 0.2) is 11.6 Å². The molecule has 1 heterocycles. The topological polar surface area (TPSA) is 12.0 Å². The van der Waals surface area contributed by atoms with Crippen LogP contribution in [0.1, 0.15) is 12.0 Å². The van der Waals surface area contributed by atoms with Crippen LogP contribution in [0, 0.1) is 17.5 Å². The fraction of sp³-hybridized carbons (Fsp3) is 0.333. The summed E-state index contributed by atoms with van der Waals surface area (Å²) in [6.07, 6.45) is 1.09. The van der Waals surface area contributed by atoms with E-state index in [1.54, 1.807) is 0 Å². The molecule has 1 nitrogen and oxygen atoms in total. The number of hydrogen-bond acceptors (Lipinski definition) is 1. The van der Waals surface area contributed by atoms with Crippen molar-refractivity contribution in [1.82, 2.24) is 0 Å². The summed E-state index contributed by atoms with van der Waals surface area (Å²) < 4.78 is 38.8. The van der Waals surface area contributed by atoms with Gasteiger partial charge >= 0.3 is 0 Å². The molecule has 1 aromatic rings. The van der Waals surface area contributed by atoms with E-state index in [9.17, 15) is 13.2 Å². The molecule has 0 aliphatic carbocycles. The molecule has 0 spiro atoms. The van der Waals surface area contributed by atoms with Gasteiger partial charge in [-0.1, -0.05) is 0 Å². The Morgan fingerprint density at radius 3 is 2.69 bits per heavy atom. The summed E-state index contributed by atoms with van der Waals surface area (Å²) in [5.41, 5.74) is 0.244. The Morgan fingerprint density at radius 1 is 1.15 bits per heavy atom. The van der Waals surface area contributed by atoms with Crippen molar-refractivity contribution in [3.8, 4) is 0 Å². The minimum absolute atomic E-state index is 0.116. The first-order chi connectivity index (χ1) is 6.20. The van der Waals surface area contributed by atoms with Gasteiger partial charge in [-0.3, -0.25) is 0 Å². The molecule has 0 amide bonds. The Kier molecular flexibility index (Phi) is 1.90. The summed E-state index contributed by atoms with van der Waals surface area (Å²) in [6.45, 7) is 0.606. The zero-order chi connectivity index (χ0) is 9.42. The smallest absolute Gasteiger partial charge is 0.164 e. The molecular formula is C9H8F3N. The van der Waals surface area contributed by atoms with E-state index >= 15 is 0 Å². The molecule has 0 saturated heterocycles. The molecule has 0 fully saturated rings. The van der Waals surface area contributed by atoms with E-state index in [0.29, 0.717) is 25.5 Å². The molecule has 0 aromatic heterocycles. The standard InChI is InChI=1S/C9H8F3N/c10-6-4-7(11)9-5(8(6)12)2-1-3-13-9/h4,13H,1-3H2. The van der Waals surface area contributed by atoms with Crippen LogP contribution in [-0.4, -0.2) is 6.54 Å². The molecule has 1 aromatic carbocycles. The second-order valence-electron chi connectivity index (χ2n) is 3.04. The van der Waals surface area contributed by atoms with Crippen LogP contribution in [0.25, 0.3) is 0 Å². The van der Waals surface area contributed by atoms with E-state index in [2.05, 4.69) is 5.32 Å². The van der Waals surface area contributed by atoms with E-state index in [0.717, 1.165) is 0 Å². The number of hydrogen-bond donors (Lipinski definition) is 1. The van der Waals surface area contributed by atoms with E-state index in [1.807, 2.05) is 0 Å². The number of rotatable bonds is 0. The van der Waals surface area contributed by atoms with Crippen molar-refractivity contribution >= 4 is 5.69 Å². The number of halogens is 3. The maximum absolute atomic E-state index is 13.1. The third-order valence-corrected chi connectivity index (χ3v) is 2.17. The van der Waals surface area contributed by atoms with Crippen molar-refractivity contribution in [1.29, 1.82) is 0 Å². The average molecular weight is 187 g/mol. The van der Waals surface area contributed by atoms with Crippen LogP contribution in [0.4, 0.5) is 18.9 Å². The lowest BCUT2D eigenvalue weighted by Crippen LogP contribution is -2.15. The van der Waals surface area contributed by atoms with Gasteiger partial charge in [0.05, 0.1) is 5.69 Å². The second kappa shape index (κ2) is 2.94. The molecule has 13 heavy (non-hydrogen) atoms. The summed E-state index contributed by atoms with van der Waals surface area (Å²) >= 11 is 0. The van der Waals surface area contributed by atoms with Gasteiger partial charge in [-0.25, -0.2) is 13.2 Å². The van der Waals surface area contributed by atoms with Crippen LogP contribution >= 0.6 is 0 Å². The minimum atomic E-state index is -1.11. The number of anilines is 1. The summed E-state index contributed by atoms with van der Waals surface area (Å²) in [6, 6.07) is 0.576. The highest BCUT2D eigenvalue weighted by Crippen LogP contribution is 2.29. The van der Waals surface area contributed by atoms with E-state index < -0.39 is 17.5 Å². The van der Waals surface area contributed by atoms with Crippen LogP contribution in [-0.2, 0) is 6.42 Å². The van der Waals surface area contributed by atoms with Gasteiger partial charge in [-0.2, -0.15) is 0 Å². The predicted molar refractivity (Wildman–Crippen MR) is 43.1 cm³/mol. The van der Waals surface area contributed by atoms with Gasteiger partial charge < -0.3 is 5.32 Å². The Labute approximate surface area is 73.6 Å². The van der Waals surface area contributed by atoms with Crippen molar-refractivity contribution < 1.29 is 13.2 Å². The molecule has 0 saturated carbocycles. The maximum Gasteiger partial charge on any atom is 0.164 e. The van der Waals surface area contributed by atoms with Crippen molar-refractivity contribution in [3.05, 3.63) is 29.1 Å². The second-order valence-corrected chi connectivity index (χ2v) is 3.04. The fourth-order valence-electron chi connectivity index (χ4n) is 1.55. The summed E-state index contributed by atoms with van der Waals surface area (Å²) in [5, 5.41) is 2.72. The van der Waals surface area contributed by atoms with Crippen LogP contribution < -0.4 is 5.32 Å². The quantitative estimate of drug-likeness (QED) is 0.615. The lowest BCUT2D eigenvalue weighted by molar-refractivity contribution is 0.482. The first-order valence-electron chi connectivity index (χ1n) is 4.10. The molecule has 1 aliphatic rings. The SMILES string of the molecule is Fc1cc(F)c2c(c1F)CCCN2. The Balaban J connectivity index is 2.63. The van der Waals surface area contributed by atoms with Crippen LogP contribution in [0.3, 0.4) is 0 Å². The van der Waals surface area contributed by atoms with Crippen molar-refractivity contribution in [2.75, 3.05) is 11.9 Å². The summed E-state index contributed by atoms with van der Waals surface area (Å²) in [5.74, 6) is -2.75. The molecule has 0 bridgehead atoms. The molecule has 70 valence electrons. The Morgan fingerprint density at radius 2 is 1.92 bits per heavy atom. The lowest BCUT2D eigenvalue weighted by atomic mass is 10.0. The predicted octanol–water partition coefficient (Wildman–Crippen LogP) is 2.46. The van der Waals surface area contributed by atoms with E-state index in [1.165, 1.54) is 0 Å². The fourth-order valence-corrected chi connectivity index (χ4v) is 1.55. The van der Waals surface area contributed by atoms with Crippen molar-refractivity contribution in [3.63, 3.8) is 0 Å². The Hall–Kier alpha value is -1.19. The highest BCUT2D eigenvalue weighted by atomic mass is 19.2. The van der Waals surface area contributed by atoms with E-state index in [-0.39, 0.29) is 11.3 Å². The van der Waals surface area contributed by atoms with Crippen LogP contribution in [0.2, 0.25) is 0 Å². The third kappa shape index (κ3) is 1.26. The highest BCUT2D eigenvalue weighted by Gasteiger charge is 2.20. The van der Waals surface area contributed by atoms with Crippen molar-refractivity contribution in [2.45, 2.75) is 12.8 Å². The zero-order valence-electron chi connectivity index (χ0n) is 6.83. The first kappa shape index (κ1) is 8.41. The van der Waals surface area contributed by atoms with Crippen molar-refractivity contribution in [2.24, 2.45) is 0 Å². The third-order valence-electron chi connectivity index (χ3n) is 2.17. The molecule has 0 unspecified atom stereocenters. The van der Waals surface area contributed by atoms with Gasteiger partial charge in [-0.05, 0) is 12.8 Å². The largest absolute Gasteiger partial charge is 0.382 e. The zero-order valence-corrected chi connectivity index (χ0v) is 6.83. The van der Waals surface area contributed by atoms with Gasteiger partial charge in [-0.15, -0.1) is 0 Å². The summed E-state index contributed by atoms with van der Waals surface area (Å²) in [4.78, 5) is 0. The molecule has 2 rings (SSSR count). The van der Waals surface area contributed by atoms with Crippen LogP contribution in [0.15, 0.2) is 6.07 Å². The lowest BCUT2D eigenvalue weighted by Gasteiger charge is -2.19. The minimum Gasteiger partial charge on any atom is -0.382 e. The monoisotopic (exact) mass is 187 g/mol. The highest BCUT2D eigenvalue weighted by molar-refractivity contribution is 5.55. The molecular weight excluding hydrogens is 179 g/mol. The van der Waals surface area contributed by atoms with Gasteiger partial charge in [0.25, 0.3) is 0 Å². The maximum atomic E-state index is 13.1. The summed E-state index contributed by atoms with van der Waals surface area (Å²) in [7, 11) is 0. The van der Waals surface area contributed by atoms with Gasteiger partial charge in [0.2, 0.25) is 0 Å². The van der Waals surface area contributed by atoms with E-state index in [4.69, 9.17) is 0 Å². The molecule has 4 heteroatoms. The number of benzene rings is 1. The average Bonchev–Trinajstić information content (AvgIpc) is 2.15. The van der Waals surface area contributed by atoms with Gasteiger partial charge in [0, 0.05) is 18.2 Å². The number of fused-ring (bicyclic) bond motifs is 1. The van der Waals surface area contributed by atoms with Gasteiger partial charge in [0.1, 0.15) is 5.82 Å². The molecule has 1 N–H and O–H groups in total. The normalized spacial score (nSPS) is 15.0. The molecule has 0 radical (unpaired) electrons. The molecule has 1 aliphatic heterocycles. The number of nitrogens with one attached hydrogen (secondary N) is 1. The Bertz CT molecular complexity index is 349. The molecule has 0 atom stereocenters.